The number of rotatable bonds is 5. The van der Waals surface area contributed by atoms with E-state index in [1.807, 2.05) is 60.7 Å². The molecule has 1 N–H and O–H groups in total. The Labute approximate surface area is 135 Å². The molecule has 0 radical (unpaired) electrons. The van der Waals surface area contributed by atoms with Crippen molar-refractivity contribution < 1.29 is 14.6 Å². The number of benzene rings is 3. The maximum atomic E-state index is 9.40. The average molecular weight is 306 g/mol. The zero-order valence-electron chi connectivity index (χ0n) is 12.9. The molecule has 0 fully saturated rings. The van der Waals surface area contributed by atoms with Gasteiger partial charge in [0.25, 0.3) is 0 Å². The van der Waals surface area contributed by atoms with Crippen molar-refractivity contribution in [3.8, 4) is 28.4 Å². The molecule has 0 spiro atoms. The molecule has 0 unspecified atom stereocenters. The largest absolute Gasteiger partial charge is 0.508 e. The highest BCUT2D eigenvalue weighted by atomic mass is 16.5. The molecule has 3 aromatic carbocycles. The number of aromatic hydroxyl groups is 1. The van der Waals surface area contributed by atoms with Crippen LogP contribution in [0.1, 0.15) is 5.56 Å². The first-order chi connectivity index (χ1) is 11.3. The third-order valence-corrected chi connectivity index (χ3v) is 3.60. The predicted octanol–water partition coefficient (Wildman–Crippen LogP) is 4.65. The summed E-state index contributed by atoms with van der Waals surface area (Å²) in [4.78, 5) is 0. The molecule has 0 saturated heterocycles. The third kappa shape index (κ3) is 3.64. The first-order valence-electron chi connectivity index (χ1n) is 7.40. The fourth-order valence-corrected chi connectivity index (χ4v) is 2.38. The van der Waals surface area contributed by atoms with E-state index in [-0.39, 0.29) is 5.75 Å². The Morgan fingerprint density at radius 3 is 2.30 bits per heavy atom. The molecule has 3 nitrogen and oxygen atoms in total. The van der Waals surface area contributed by atoms with Crippen molar-refractivity contribution in [1.29, 1.82) is 0 Å². The van der Waals surface area contributed by atoms with Crippen LogP contribution in [0.2, 0.25) is 0 Å². The zero-order valence-corrected chi connectivity index (χ0v) is 12.9. The van der Waals surface area contributed by atoms with E-state index in [4.69, 9.17) is 9.47 Å². The van der Waals surface area contributed by atoms with Crippen molar-refractivity contribution in [2.24, 2.45) is 0 Å². The molecule has 0 saturated carbocycles. The fraction of sp³-hybridized carbons (Fsp3) is 0.100. The van der Waals surface area contributed by atoms with Gasteiger partial charge in [-0.05, 0) is 35.4 Å². The quantitative estimate of drug-likeness (QED) is 0.746. The number of hydrogen-bond donors (Lipinski definition) is 1. The summed E-state index contributed by atoms with van der Waals surface area (Å²) in [5.41, 5.74) is 3.06. The number of hydrogen-bond acceptors (Lipinski definition) is 3. The Kier molecular flexibility index (Phi) is 4.48. The van der Waals surface area contributed by atoms with Crippen LogP contribution in [0.5, 0.6) is 17.2 Å². The smallest absolute Gasteiger partial charge is 0.130 e. The van der Waals surface area contributed by atoms with Gasteiger partial charge in [-0.3, -0.25) is 0 Å². The molecule has 3 rings (SSSR count). The van der Waals surface area contributed by atoms with Crippen LogP contribution >= 0.6 is 0 Å². The van der Waals surface area contributed by atoms with Gasteiger partial charge in [0.05, 0.1) is 7.11 Å². The minimum absolute atomic E-state index is 0.246. The summed E-state index contributed by atoms with van der Waals surface area (Å²) in [6, 6.07) is 22.8. The van der Waals surface area contributed by atoms with Crippen molar-refractivity contribution in [2.45, 2.75) is 6.61 Å². The summed E-state index contributed by atoms with van der Waals surface area (Å²) in [7, 11) is 1.64. The van der Waals surface area contributed by atoms with Crippen LogP contribution < -0.4 is 9.47 Å². The van der Waals surface area contributed by atoms with Crippen LogP contribution in [0, 0.1) is 0 Å². The van der Waals surface area contributed by atoms with E-state index < -0.39 is 0 Å². The molecule has 0 amide bonds. The second-order valence-corrected chi connectivity index (χ2v) is 5.18. The van der Waals surface area contributed by atoms with Crippen LogP contribution in [-0.2, 0) is 6.61 Å². The van der Waals surface area contributed by atoms with Gasteiger partial charge in [0.15, 0.2) is 0 Å². The molecule has 3 aromatic rings. The van der Waals surface area contributed by atoms with Crippen LogP contribution in [-0.4, -0.2) is 12.2 Å². The van der Waals surface area contributed by atoms with E-state index in [0.717, 1.165) is 28.2 Å². The van der Waals surface area contributed by atoms with Gasteiger partial charge < -0.3 is 14.6 Å². The Morgan fingerprint density at radius 2 is 1.61 bits per heavy atom. The van der Waals surface area contributed by atoms with Crippen molar-refractivity contribution in [2.75, 3.05) is 7.11 Å². The molecule has 0 aliphatic heterocycles. The second kappa shape index (κ2) is 6.88. The van der Waals surface area contributed by atoms with Crippen molar-refractivity contribution >= 4 is 0 Å². The normalized spacial score (nSPS) is 10.3. The fourth-order valence-electron chi connectivity index (χ4n) is 2.38. The lowest BCUT2D eigenvalue weighted by Gasteiger charge is -2.12. The van der Waals surface area contributed by atoms with E-state index >= 15 is 0 Å². The molecule has 0 aliphatic rings. The summed E-state index contributed by atoms with van der Waals surface area (Å²) in [6.45, 7) is 0.516. The summed E-state index contributed by atoms with van der Waals surface area (Å²) in [6.07, 6.45) is 0. The SMILES string of the molecule is COc1cc(OCc2ccccc2)ccc1-c1ccc(O)cc1. The number of ether oxygens (including phenoxy) is 2. The Balaban J connectivity index is 1.80. The number of methoxy groups -OCH3 is 1. The molecule has 23 heavy (non-hydrogen) atoms. The van der Waals surface area contributed by atoms with Gasteiger partial charge in [0.1, 0.15) is 23.9 Å². The van der Waals surface area contributed by atoms with Crippen LogP contribution in [0.4, 0.5) is 0 Å². The molecular formula is C20H18O3. The van der Waals surface area contributed by atoms with Gasteiger partial charge in [-0.15, -0.1) is 0 Å². The Hall–Kier alpha value is -2.94. The summed E-state index contributed by atoms with van der Waals surface area (Å²) >= 11 is 0. The summed E-state index contributed by atoms with van der Waals surface area (Å²) < 4.78 is 11.3. The zero-order chi connectivity index (χ0) is 16.1. The molecule has 0 aromatic heterocycles. The first kappa shape index (κ1) is 15.0. The van der Waals surface area contributed by atoms with E-state index in [1.54, 1.807) is 19.2 Å². The maximum absolute atomic E-state index is 9.40. The van der Waals surface area contributed by atoms with E-state index in [2.05, 4.69) is 0 Å². The lowest BCUT2D eigenvalue weighted by molar-refractivity contribution is 0.304. The Morgan fingerprint density at radius 1 is 0.870 bits per heavy atom. The van der Waals surface area contributed by atoms with Gasteiger partial charge in [0.2, 0.25) is 0 Å². The average Bonchev–Trinajstić information content (AvgIpc) is 2.61. The van der Waals surface area contributed by atoms with E-state index in [9.17, 15) is 5.11 Å². The van der Waals surface area contributed by atoms with Crippen molar-refractivity contribution in [1.82, 2.24) is 0 Å². The predicted molar refractivity (Wildman–Crippen MR) is 90.9 cm³/mol. The van der Waals surface area contributed by atoms with Crippen LogP contribution in [0.25, 0.3) is 11.1 Å². The van der Waals surface area contributed by atoms with Crippen molar-refractivity contribution in [3.63, 3.8) is 0 Å². The lowest BCUT2D eigenvalue weighted by Crippen LogP contribution is -1.96. The molecule has 3 heteroatoms. The maximum Gasteiger partial charge on any atom is 0.130 e. The Bertz CT molecular complexity index is 765. The highest BCUT2D eigenvalue weighted by Crippen LogP contribution is 2.34. The first-order valence-corrected chi connectivity index (χ1v) is 7.40. The molecular weight excluding hydrogens is 288 g/mol. The van der Waals surface area contributed by atoms with Crippen molar-refractivity contribution in [3.05, 3.63) is 78.4 Å². The molecule has 0 heterocycles. The molecule has 0 aliphatic carbocycles. The molecule has 0 bridgehead atoms. The monoisotopic (exact) mass is 306 g/mol. The highest BCUT2D eigenvalue weighted by molar-refractivity contribution is 5.72. The van der Waals surface area contributed by atoms with Crippen LogP contribution in [0.3, 0.4) is 0 Å². The van der Waals surface area contributed by atoms with Gasteiger partial charge in [-0.2, -0.15) is 0 Å². The molecule has 0 atom stereocenters. The minimum Gasteiger partial charge on any atom is -0.508 e. The van der Waals surface area contributed by atoms with Gasteiger partial charge in [-0.1, -0.05) is 42.5 Å². The lowest BCUT2D eigenvalue weighted by atomic mass is 10.0. The summed E-state index contributed by atoms with van der Waals surface area (Å²) in [5, 5.41) is 9.40. The standard InChI is InChI=1S/C20H18O3/c1-22-20-13-18(23-14-15-5-3-2-4-6-15)11-12-19(20)16-7-9-17(21)10-8-16/h2-13,21H,14H2,1H3. The number of phenolic OH excluding ortho intramolecular Hbond substituents is 1. The van der Waals surface area contributed by atoms with Gasteiger partial charge >= 0.3 is 0 Å². The number of phenols is 1. The third-order valence-electron chi connectivity index (χ3n) is 3.60. The van der Waals surface area contributed by atoms with Crippen LogP contribution in [0.15, 0.2) is 72.8 Å². The summed E-state index contributed by atoms with van der Waals surface area (Å²) in [5.74, 6) is 1.74. The minimum atomic E-state index is 0.246. The van der Waals surface area contributed by atoms with E-state index in [1.165, 1.54) is 0 Å². The molecule has 116 valence electrons. The second-order valence-electron chi connectivity index (χ2n) is 5.18. The van der Waals surface area contributed by atoms with Gasteiger partial charge in [0, 0.05) is 11.6 Å². The van der Waals surface area contributed by atoms with E-state index in [0.29, 0.717) is 6.61 Å². The van der Waals surface area contributed by atoms with Gasteiger partial charge in [-0.25, -0.2) is 0 Å². The highest BCUT2D eigenvalue weighted by Gasteiger charge is 2.08. The topological polar surface area (TPSA) is 38.7 Å².